The van der Waals surface area contributed by atoms with Crippen LogP contribution in [0.15, 0.2) is 86.7 Å². The van der Waals surface area contributed by atoms with Crippen LogP contribution in [0.2, 0.25) is 0 Å². The maximum atomic E-state index is 6.13. The molecule has 0 fully saturated rings. The molecule has 0 spiro atoms. The van der Waals surface area contributed by atoms with Gasteiger partial charge in [0, 0.05) is 18.5 Å². The summed E-state index contributed by atoms with van der Waals surface area (Å²) in [4.78, 5) is 8.79. The van der Waals surface area contributed by atoms with Crippen molar-refractivity contribution in [3.05, 3.63) is 79.2 Å². The first-order chi connectivity index (χ1) is 13.9. The van der Waals surface area contributed by atoms with E-state index in [0.717, 1.165) is 28.7 Å². The van der Waals surface area contributed by atoms with E-state index >= 15 is 0 Å². The maximum absolute atomic E-state index is 6.13. The van der Waals surface area contributed by atoms with Gasteiger partial charge in [-0.3, -0.25) is 0 Å². The Kier molecular flexibility index (Phi) is 4.14. The predicted molar refractivity (Wildman–Crippen MR) is 106 cm³/mol. The number of hydrogen-bond acceptors (Lipinski definition) is 6. The summed E-state index contributed by atoms with van der Waals surface area (Å²) < 4.78 is 17.2. The van der Waals surface area contributed by atoms with Crippen molar-refractivity contribution < 1.29 is 13.3 Å². The largest absolute Gasteiger partial charge is 0.469 e. The minimum absolute atomic E-state index is 0.515. The minimum Gasteiger partial charge on any atom is -0.469 e. The zero-order valence-corrected chi connectivity index (χ0v) is 15.0. The zero-order valence-electron chi connectivity index (χ0n) is 15.0. The second kappa shape index (κ2) is 7.08. The molecule has 4 aromatic heterocycles. The van der Waals surface area contributed by atoms with Crippen molar-refractivity contribution in [2.75, 3.05) is 11.9 Å². The molecule has 0 atom stereocenters. The first-order valence-electron chi connectivity index (χ1n) is 9.03. The van der Waals surface area contributed by atoms with E-state index in [4.69, 9.17) is 13.3 Å². The first-order valence-corrected chi connectivity index (χ1v) is 9.03. The Morgan fingerprint density at radius 1 is 0.857 bits per heavy atom. The average molecular weight is 371 g/mol. The third kappa shape index (κ3) is 2.95. The van der Waals surface area contributed by atoms with Gasteiger partial charge >= 0.3 is 0 Å². The number of hydrogen-bond donors (Lipinski definition) is 1. The number of nitrogens with one attached hydrogen (secondary N) is 1. The summed E-state index contributed by atoms with van der Waals surface area (Å²) in [7, 11) is 0. The van der Waals surface area contributed by atoms with E-state index in [2.05, 4.69) is 15.3 Å². The van der Waals surface area contributed by atoms with Gasteiger partial charge in [-0.15, -0.1) is 0 Å². The van der Waals surface area contributed by atoms with Gasteiger partial charge in [-0.25, -0.2) is 9.97 Å². The quantitative estimate of drug-likeness (QED) is 0.431. The monoisotopic (exact) mass is 371 g/mol. The summed E-state index contributed by atoms with van der Waals surface area (Å²) in [5, 5.41) is 4.18. The Morgan fingerprint density at radius 2 is 1.71 bits per heavy atom. The normalized spacial score (nSPS) is 11.1. The van der Waals surface area contributed by atoms with E-state index < -0.39 is 0 Å². The van der Waals surface area contributed by atoms with Crippen molar-refractivity contribution >= 4 is 16.9 Å². The molecule has 5 aromatic rings. The Labute approximate surface area is 160 Å². The third-order valence-corrected chi connectivity index (χ3v) is 4.54. The Bertz CT molecular complexity index is 1180. The molecule has 0 aliphatic rings. The van der Waals surface area contributed by atoms with Crippen molar-refractivity contribution in [3.63, 3.8) is 0 Å². The number of nitrogens with zero attached hydrogens (tertiary/aromatic N) is 2. The molecule has 1 aromatic carbocycles. The van der Waals surface area contributed by atoms with Crippen molar-refractivity contribution in [2.24, 2.45) is 0 Å². The molecule has 0 amide bonds. The fraction of sp³-hybridized carbons (Fsp3) is 0.0909. The fourth-order valence-corrected chi connectivity index (χ4v) is 3.28. The summed E-state index contributed by atoms with van der Waals surface area (Å²) in [6, 6.07) is 17.5. The maximum Gasteiger partial charge on any atom is 0.232 e. The molecule has 28 heavy (non-hydrogen) atoms. The van der Waals surface area contributed by atoms with Gasteiger partial charge in [0.1, 0.15) is 29.4 Å². The lowest BCUT2D eigenvalue weighted by atomic mass is 10.0. The van der Waals surface area contributed by atoms with Crippen LogP contribution >= 0.6 is 0 Å². The summed E-state index contributed by atoms with van der Waals surface area (Å²) in [6.07, 6.45) is 5.58. The van der Waals surface area contributed by atoms with E-state index in [1.165, 1.54) is 6.33 Å². The lowest BCUT2D eigenvalue weighted by Crippen LogP contribution is -2.06. The lowest BCUT2D eigenvalue weighted by molar-refractivity contribution is 0.513. The highest BCUT2D eigenvalue weighted by Gasteiger charge is 2.23. The minimum atomic E-state index is 0.515. The molecular weight excluding hydrogens is 354 g/mol. The fourth-order valence-electron chi connectivity index (χ4n) is 3.28. The van der Waals surface area contributed by atoms with Crippen molar-refractivity contribution in [2.45, 2.75) is 6.42 Å². The molecule has 0 radical (unpaired) electrons. The Hall–Kier alpha value is -3.80. The van der Waals surface area contributed by atoms with Crippen LogP contribution in [-0.2, 0) is 6.42 Å². The summed E-state index contributed by atoms with van der Waals surface area (Å²) in [5.74, 6) is 3.04. The second-order valence-corrected chi connectivity index (χ2v) is 6.31. The summed E-state index contributed by atoms with van der Waals surface area (Å²) >= 11 is 0. The molecule has 6 nitrogen and oxygen atoms in total. The molecule has 6 heteroatoms. The molecule has 0 saturated carbocycles. The SMILES string of the molecule is c1ccc(-c2oc3ncnc(NCCc4ccco4)c3c2-c2ccco2)cc1. The molecule has 5 rings (SSSR count). The van der Waals surface area contributed by atoms with Gasteiger partial charge in [-0.2, -0.15) is 0 Å². The number of furan rings is 3. The zero-order chi connectivity index (χ0) is 18.8. The first kappa shape index (κ1) is 16.4. The molecule has 0 aliphatic heterocycles. The number of aromatic nitrogens is 2. The van der Waals surface area contributed by atoms with Crippen molar-refractivity contribution in [1.82, 2.24) is 9.97 Å². The van der Waals surface area contributed by atoms with E-state index in [0.29, 0.717) is 29.6 Å². The topological polar surface area (TPSA) is 77.2 Å². The Balaban J connectivity index is 1.61. The highest BCUT2D eigenvalue weighted by Crippen LogP contribution is 2.42. The Morgan fingerprint density at radius 3 is 2.50 bits per heavy atom. The van der Waals surface area contributed by atoms with Gasteiger partial charge in [0.15, 0.2) is 0 Å². The van der Waals surface area contributed by atoms with E-state index in [-0.39, 0.29) is 0 Å². The summed E-state index contributed by atoms with van der Waals surface area (Å²) in [5.41, 5.74) is 2.31. The van der Waals surface area contributed by atoms with E-state index in [1.807, 2.05) is 54.6 Å². The van der Waals surface area contributed by atoms with Crippen LogP contribution in [0.5, 0.6) is 0 Å². The molecule has 0 aliphatic carbocycles. The van der Waals surface area contributed by atoms with Gasteiger partial charge in [-0.1, -0.05) is 30.3 Å². The van der Waals surface area contributed by atoms with Gasteiger partial charge in [0.05, 0.1) is 23.5 Å². The summed E-state index contributed by atoms with van der Waals surface area (Å²) in [6.45, 7) is 0.670. The van der Waals surface area contributed by atoms with Crippen LogP contribution in [0.1, 0.15) is 5.76 Å². The number of fused-ring (bicyclic) bond motifs is 1. The lowest BCUT2D eigenvalue weighted by Gasteiger charge is -2.06. The molecule has 1 N–H and O–H groups in total. The van der Waals surface area contributed by atoms with Gasteiger partial charge < -0.3 is 18.6 Å². The molecular formula is C22H17N3O3. The average Bonchev–Trinajstić information content (AvgIpc) is 3.49. The smallest absolute Gasteiger partial charge is 0.232 e. The van der Waals surface area contributed by atoms with Crippen LogP contribution in [0.4, 0.5) is 5.82 Å². The molecule has 4 heterocycles. The van der Waals surface area contributed by atoms with Gasteiger partial charge in [0.25, 0.3) is 0 Å². The van der Waals surface area contributed by atoms with E-state index in [9.17, 15) is 0 Å². The number of rotatable bonds is 6. The molecule has 138 valence electrons. The van der Waals surface area contributed by atoms with Crippen molar-refractivity contribution in [1.29, 1.82) is 0 Å². The van der Waals surface area contributed by atoms with Gasteiger partial charge in [-0.05, 0) is 24.3 Å². The number of anilines is 1. The molecule has 0 saturated heterocycles. The number of benzene rings is 1. The van der Waals surface area contributed by atoms with E-state index in [1.54, 1.807) is 12.5 Å². The van der Waals surface area contributed by atoms with Crippen LogP contribution in [0.3, 0.4) is 0 Å². The van der Waals surface area contributed by atoms with Crippen LogP contribution in [0, 0.1) is 0 Å². The van der Waals surface area contributed by atoms with Gasteiger partial charge in [0.2, 0.25) is 5.71 Å². The molecule has 0 bridgehead atoms. The predicted octanol–water partition coefficient (Wildman–Crippen LogP) is 5.40. The second-order valence-electron chi connectivity index (χ2n) is 6.31. The van der Waals surface area contributed by atoms with Crippen LogP contribution in [-0.4, -0.2) is 16.5 Å². The highest BCUT2D eigenvalue weighted by atomic mass is 16.4. The van der Waals surface area contributed by atoms with Crippen LogP contribution < -0.4 is 5.32 Å². The standard InChI is InChI=1S/C22H17N3O3/c1-2-6-15(7-3-1)20-18(17-9-5-13-27-17)19-21(24-14-25-22(19)28-20)23-11-10-16-8-4-12-26-16/h1-9,12-14H,10-11H2,(H,23,24,25). The van der Waals surface area contributed by atoms with Crippen LogP contribution in [0.25, 0.3) is 33.7 Å². The third-order valence-electron chi connectivity index (χ3n) is 4.54. The van der Waals surface area contributed by atoms with Crippen molar-refractivity contribution in [3.8, 4) is 22.6 Å². The molecule has 0 unspecified atom stereocenters. The highest BCUT2D eigenvalue weighted by molar-refractivity contribution is 6.04.